The highest BCUT2D eigenvalue weighted by Gasteiger charge is 2.28. The Kier molecular flexibility index (Phi) is 4.70. The Bertz CT molecular complexity index is 745. The Morgan fingerprint density at radius 2 is 2.00 bits per heavy atom. The lowest BCUT2D eigenvalue weighted by Crippen LogP contribution is -2.13. The monoisotopic (exact) mass is 372 g/mol. The smallest absolute Gasteiger partial charge is 0.341 e. The number of fused-ring (bicyclic) bond motifs is 1. The molecule has 1 atom stereocenters. The van der Waals surface area contributed by atoms with Crippen molar-refractivity contribution >= 4 is 51.5 Å². The molecule has 122 valence electrons. The van der Waals surface area contributed by atoms with Crippen molar-refractivity contribution in [3.8, 4) is 0 Å². The maximum atomic E-state index is 12.2. The van der Waals surface area contributed by atoms with Crippen LogP contribution in [0.3, 0.4) is 0 Å². The van der Waals surface area contributed by atoms with Crippen LogP contribution in [0.4, 0.5) is 10.9 Å². The van der Waals surface area contributed by atoms with Gasteiger partial charge in [0.25, 0.3) is 0 Å². The molecule has 0 amide bonds. The van der Waals surface area contributed by atoms with E-state index in [2.05, 4.69) is 27.2 Å². The zero-order chi connectivity index (χ0) is 16.6. The minimum Gasteiger partial charge on any atom is -0.465 e. The van der Waals surface area contributed by atoms with Gasteiger partial charge >= 0.3 is 5.97 Å². The average Bonchev–Trinajstić information content (AvgIpc) is 2.82. The Balaban J connectivity index is 2.02. The number of nitrogens with zero attached hydrogens (tertiary/aromatic N) is 3. The van der Waals surface area contributed by atoms with Crippen LogP contribution in [0.5, 0.6) is 0 Å². The van der Waals surface area contributed by atoms with Gasteiger partial charge in [0.2, 0.25) is 16.5 Å². The van der Waals surface area contributed by atoms with E-state index in [0.717, 1.165) is 24.8 Å². The summed E-state index contributed by atoms with van der Waals surface area (Å²) < 4.78 is 4.94. The van der Waals surface area contributed by atoms with Gasteiger partial charge in [-0.05, 0) is 53.9 Å². The third kappa shape index (κ3) is 3.41. The Hall–Kier alpha value is -1.44. The van der Waals surface area contributed by atoms with Crippen molar-refractivity contribution in [2.24, 2.45) is 5.92 Å². The summed E-state index contributed by atoms with van der Waals surface area (Å²) in [6.07, 6.45) is 2.86. The van der Waals surface area contributed by atoms with Gasteiger partial charge in [-0.2, -0.15) is 15.0 Å². The van der Waals surface area contributed by atoms with Crippen LogP contribution in [0.2, 0.25) is 10.6 Å². The van der Waals surface area contributed by atoms with E-state index >= 15 is 0 Å². The summed E-state index contributed by atoms with van der Waals surface area (Å²) in [6.45, 7) is 2.21. The molecule has 1 aliphatic carbocycles. The molecule has 0 bridgehead atoms. The van der Waals surface area contributed by atoms with Crippen LogP contribution in [0.1, 0.15) is 34.1 Å². The first-order valence-electron chi connectivity index (χ1n) is 7.05. The Labute approximate surface area is 147 Å². The van der Waals surface area contributed by atoms with Crippen molar-refractivity contribution in [3.05, 3.63) is 26.6 Å². The van der Waals surface area contributed by atoms with Gasteiger partial charge in [0.05, 0.1) is 12.7 Å². The first-order chi connectivity index (χ1) is 11.0. The Morgan fingerprint density at radius 1 is 1.30 bits per heavy atom. The number of carbonyl (C=O) groups excluding carboxylic acids is 1. The SMILES string of the molecule is COC(=O)c1c(Nc2nc(Cl)nc(Cl)n2)sc2c1CCC(C)C2. The largest absolute Gasteiger partial charge is 0.465 e. The second-order valence-electron chi connectivity index (χ2n) is 5.37. The zero-order valence-corrected chi connectivity index (χ0v) is 14.8. The van der Waals surface area contributed by atoms with E-state index in [-0.39, 0.29) is 22.5 Å². The number of anilines is 2. The van der Waals surface area contributed by atoms with Crippen LogP contribution in [0, 0.1) is 5.92 Å². The fourth-order valence-electron chi connectivity index (χ4n) is 2.64. The fraction of sp³-hybridized carbons (Fsp3) is 0.429. The van der Waals surface area contributed by atoms with Crippen LogP contribution >= 0.6 is 34.5 Å². The summed E-state index contributed by atoms with van der Waals surface area (Å²) in [5.41, 5.74) is 1.60. The molecule has 1 N–H and O–H groups in total. The number of esters is 1. The molecular weight excluding hydrogens is 359 g/mol. The van der Waals surface area contributed by atoms with Gasteiger partial charge in [-0.1, -0.05) is 6.92 Å². The van der Waals surface area contributed by atoms with Crippen molar-refractivity contribution in [2.45, 2.75) is 26.2 Å². The minimum absolute atomic E-state index is 0.0120. The number of methoxy groups -OCH3 is 1. The molecule has 1 aliphatic rings. The lowest BCUT2D eigenvalue weighted by Gasteiger charge is -2.18. The molecule has 0 saturated carbocycles. The molecule has 1 unspecified atom stereocenters. The molecule has 2 aromatic rings. The molecule has 23 heavy (non-hydrogen) atoms. The lowest BCUT2D eigenvalue weighted by molar-refractivity contribution is 0.0601. The fourth-order valence-corrected chi connectivity index (χ4v) is 4.40. The number of carbonyl (C=O) groups is 1. The summed E-state index contributed by atoms with van der Waals surface area (Å²) in [6, 6.07) is 0. The molecule has 0 saturated heterocycles. The van der Waals surface area contributed by atoms with Gasteiger partial charge in [-0.15, -0.1) is 11.3 Å². The number of thiophene rings is 1. The summed E-state index contributed by atoms with van der Waals surface area (Å²) in [7, 11) is 1.37. The number of hydrogen-bond acceptors (Lipinski definition) is 7. The lowest BCUT2D eigenvalue weighted by atomic mass is 9.88. The molecule has 0 spiro atoms. The van der Waals surface area contributed by atoms with Crippen LogP contribution in [0.25, 0.3) is 0 Å². The van der Waals surface area contributed by atoms with E-state index in [1.807, 2.05) is 0 Å². The average molecular weight is 373 g/mol. The third-order valence-electron chi connectivity index (χ3n) is 3.71. The summed E-state index contributed by atoms with van der Waals surface area (Å²) in [4.78, 5) is 25.1. The second-order valence-corrected chi connectivity index (χ2v) is 7.15. The molecule has 0 fully saturated rings. The predicted molar refractivity (Wildman–Crippen MR) is 90.0 cm³/mol. The first-order valence-corrected chi connectivity index (χ1v) is 8.62. The number of ether oxygens (including phenoxy) is 1. The van der Waals surface area contributed by atoms with E-state index in [9.17, 15) is 4.79 Å². The maximum absolute atomic E-state index is 12.2. The molecule has 0 radical (unpaired) electrons. The van der Waals surface area contributed by atoms with Crippen LogP contribution in [0.15, 0.2) is 0 Å². The standard InChI is InChI=1S/C14H14Cl2N4O2S/c1-6-3-4-7-8(5-6)23-10(9(7)11(21)22-2)17-14-19-12(15)18-13(16)20-14/h6H,3-5H2,1-2H3,(H,17,18,19,20). The summed E-state index contributed by atoms with van der Waals surface area (Å²) in [5, 5.41) is 3.65. The number of nitrogens with one attached hydrogen (secondary N) is 1. The summed E-state index contributed by atoms with van der Waals surface area (Å²) in [5.74, 6) is 0.429. The predicted octanol–water partition coefficient (Wildman–Crippen LogP) is 3.89. The quantitative estimate of drug-likeness (QED) is 0.823. The van der Waals surface area contributed by atoms with Crippen molar-refractivity contribution < 1.29 is 9.53 Å². The molecular formula is C14H14Cl2N4O2S. The third-order valence-corrected chi connectivity index (χ3v) is 5.22. The van der Waals surface area contributed by atoms with Crippen molar-refractivity contribution in [2.75, 3.05) is 12.4 Å². The molecule has 0 aliphatic heterocycles. The van der Waals surface area contributed by atoms with Crippen LogP contribution < -0.4 is 5.32 Å². The van der Waals surface area contributed by atoms with Crippen LogP contribution in [-0.2, 0) is 17.6 Å². The molecule has 0 aromatic carbocycles. The van der Waals surface area contributed by atoms with E-state index < -0.39 is 0 Å². The van der Waals surface area contributed by atoms with Gasteiger partial charge in [0.1, 0.15) is 5.00 Å². The molecule has 3 rings (SSSR count). The van der Waals surface area contributed by atoms with Gasteiger partial charge < -0.3 is 10.1 Å². The van der Waals surface area contributed by atoms with Crippen molar-refractivity contribution in [1.29, 1.82) is 0 Å². The molecule has 6 nitrogen and oxygen atoms in total. The normalized spacial score (nSPS) is 16.8. The van der Waals surface area contributed by atoms with Crippen LogP contribution in [-0.4, -0.2) is 28.0 Å². The highest BCUT2D eigenvalue weighted by atomic mass is 35.5. The molecule has 9 heteroatoms. The maximum Gasteiger partial charge on any atom is 0.341 e. The van der Waals surface area contributed by atoms with Crippen molar-refractivity contribution in [1.82, 2.24) is 15.0 Å². The topological polar surface area (TPSA) is 77.0 Å². The van der Waals surface area contributed by atoms with Gasteiger partial charge in [0.15, 0.2) is 0 Å². The number of hydrogen-bond donors (Lipinski definition) is 1. The summed E-state index contributed by atoms with van der Waals surface area (Å²) >= 11 is 13.1. The second kappa shape index (κ2) is 6.59. The van der Waals surface area contributed by atoms with Gasteiger partial charge in [-0.3, -0.25) is 0 Å². The first kappa shape index (κ1) is 16.4. The zero-order valence-electron chi connectivity index (χ0n) is 12.5. The molecule has 2 aromatic heterocycles. The van der Waals surface area contributed by atoms with E-state index in [1.165, 1.54) is 23.3 Å². The van der Waals surface area contributed by atoms with E-state index in [0.29, 0.717) is 16.5 Å². The van der Waals surface area contributed by atoms with Gasteiger partial charge in [-0.25, -0.2) is 4.79 Å². The highest BCUT2D eigenvalue weighted by molar-refractivity contribution is 7.16. The number of rotatable bonds is 3. The minimum atomic E-state index is -0.370. The Morgan fingerprint density at radius 3 is 2.65 bits per heavy atom. The van der Waals surface area contributed by atoms with Gasteiger partial charge in [0, 0.05) is 4.88 Å². The molecule has 2 heterocycles. The van der Waals surface area contributed by atoms with E-state index in [4.69, 9.17) is 27.9 Å². The van der Waals surface area contributed by atoms with Crippen molar-refractivity contribution in [3.63, 3.8) is 0 Å². The number of aromatic nitrogens is 3. The van der Waals surface area contributed by atoms with E-state index in [1.54, 1.807) is 0 Å². The highest BCUT2D eigenvalue weighted by Crippen LogP contribution is 2.40. The number of halogens is 2.